The Labute approximate surface area is 198 Å². The SMILES string of the molecule is O=C(NCCn1nc(-c2ccccc2)n(C2CC2)c1=O)c1ccc(S(=O)(=O)N2CCCC2)cc1. The predicted molar refractivity (Wildman–Crippen MR) is 127 cm³/mol. The second kappa shape index (κ2) is 9.19. The van der Waals surface area contributed by atoms with Crippen LogP contribution in [0.1, 0.15) is 42.1 Å². The topological polar surface area (TPSA) is 106 Å². The second-order valence-corrected chi connectivity index (χ2v) is 10.6. The van der Waals surface area contributed by atoms with Gasteiger partial charge in [-0.25, -0.2) is 17.9 Å². The monoisotopic (exact) mass is 481 g/mol. The number of hydrogen-bond donors (Lipinski definition) is 1. The van der Waals surface area contributed by atoms with E-state index in [-0.39, 0.29) is 35.6 Å². The van der Waals surface area contributed by atoms with Crippen LogP contribution in [0.15, 0.2) is 64.3 Å². The Morgan fingerprint density at radius 1 is 1.00 bits per heavy atom. The quantitative estimate of drug-likeness (QED) is 0.531. The minimum atomic E-state index is -3.51. The van der Waals surface area contributed by atoms with Gasteiger partial charge in [0, 0.05) is 36.8 Å². The number of benzene rings is 2. The summed E-state index contributed by atoms with van der Waals surface area (Å²) >= 11 is 0. The average molecular weight is 482 g/mol. The third kappa shape index (κ3) is 4.43. The van der Waals surface area contributed by atoms with Crippen molar-refractivity contribution in [3.63, 3.8) is 0 Å². The lowest BCUT2D eigenvalue weighted by atomic mass is 10.2. The Hall–Kier alpha value is -3.24. The molecule has 10 heteroatoms. The molecule has 2 aromatic carbocycles. The van der Waals surface area contributed by atoms with E-state index < -0.39 is 10.0 Å². The van der Waals surface area contributed by atoms with Gasteiger partial charge in [0.1, 0.15) is 0 Å². The van der Waals surface area contributed by atoms with Gasteiger partial charge >= 0.3 is 5.69 Å². The molecule has 0 radical (unpaired) electrons. The van der Waals surface area contributed by atoms with Crippen LogP contribution in [0.2, 0.25) is 0 Å². The molecule has 9 nitrogen and oxygen atoms in total. The Morgan fingerprint density at radius 2 is 1.68 bits per heavy atom. The first-order valence-electron chi connectivity index (χ1n) is 11.6. The fourth-order valence-corrected chi connectivity index (χ4v) is 5.76. The molecule has 5 rings (SSSR count). The minimum absolute atomic E-state index is 0.174. The van der Waals surface area contributed by atoms with E-state index in [1.165, 1.54) is 33.3 Å². The third-order valence-electron chi connectivity index (χ3n) is 6.24. The fraction of sp³-hybridized carbons (Fsp3) is 0.375. The standard InChI is InChI=1S/C24H27N5O4S/c30-23(19-8-12-21(13-9-19)34(32,33)27-15-4-5-16-27)25-14-17-28-24(31)29(20-10-11-20)22(26-28)18-6-2-1-3-7-18/h1-3,6-9,12-13,20H,4-5,10-11,14-17H2,(H,25,30). The summed E-state index contributed by atoms with van der Waals surface area (Å²) in [5.41, 5.74) is 1.08. The molecule has 0 spiro atoms. The highest BCUT2D eigenvalue weighted by molar-refractivity contribution is 7.89. The number of nitrogens with zero attached hydrogens (tertiary/aromatic N) is 4. The molecular weight excluding hydrogens is 454 g/mol. The van der Waals surface area contributed by atoms with E-state index in [1.807, 2.05) is 30.3 Å². The summed E-state index contributed by atoms with van der Waals surface area (Å²) in [4.78, 5) is 25.7. The van der Waals surface area contributed by atoms with Crippen LogP contribution in [-0.2, 0) is 16.6 Å². The minimum Gasteiger partial charge on any atom is -0.350 e. The highest BCUT2D eigenvalue weighted by Gasteiger charge is 2.30. The first-order chi connectivity index (χ1) is 16.4. The molecule has 1 aliphatic carbocycles. The van der Waals surface area contributed by atoms with E-state index in [2.05, 4.69) is 10.4 Å². The van der Waals surface area contributed by atoms with Crippen LogP contribution >= 0.6 is 0 Å². The molecule has 2 fully saturated rings. The molecule has 1 amide bonds. The van der Waals surface area contributed by atoms with Gasteiger partial charge in [-0.1, -0.05) is 30.3 Å². The number of sulfonamides is 1. The highest BCUT2D eigenvalue weighted by Crippen LogP contribution is 2.36. The van der Waals surface area contributed by atoms with Crippen LogP contribution in [0, 0.1) is 0 Å². The summed E-state index contributed by atoms with van der Waals surface area (Å²) in [6, 6.07) is 15.8. The van der Waals surface area contributed by atoms with Crippen molar-refractivity contribution in [3.8, 4) is 11.4 Å². The van der Waals surface area contributed by atoms with E-state index in [4.69, 9.17) is 0 Å². The van der Waals surface area contributed by atoms with Crippen molar-refractivity contribution in [3.05, 3.63) is 70.6 Å². The van der Waals surface area contributed by atoms with Crippen LogP contribution in [0.4, 0.5) is 0 Å². The van der Waals surface area contributed by atoms with E-state index in [9.17, 15) is 18.0 Å². The molecule has 178 valence electrons. The summed E-state index contributed by atoms with van der Waals surface area (Å²) in [6.45, 7) is 1.53. The molecule has 0 bridgehead atoms. The van der Waals surface area contributed by atoms with E-state index in [0.29, 0.717) is 24.5 Å². The van der Waals surface area contributed by atoms with Crippen molar-refractivity contribution in [1.29, 1.82) is 0 Å². The number of aromatic nitrogens is 3. The molecular formula is C24H27N5O4S. The van der Waals surface area contributed by atoms with Gasteiger partial charge in [-0.15, -0.1) is 5.10 Å². The molecule has 1 saturated carbocycles. The first kappa shape index (κ1) is 22.5. The molecule has 1 N–H and O–H groups in total. The van der Waals surface area contributed by atoms with Crippen LogP contribution < -0.4 is 11.0 Å². The van der Waals surface area contributed by atoms with Gasteiger partial charge in [0.15, 0.2) is 5.82 Å². The molecule has 2 heterocycles. The molecule has 1 saturated heterocycles. The average Bonchev–Trinajstić information content (AvgIpc) is 3.41. The van der Waals surface area contributed by atoms with Gasteiger partial charge < -0.3 is 5.32 Å². The maximum atomic E-state index is 12.9. The molecule has 2 aliphatic rings. The zero-order valence-electron chi connectivity index (χ0n) is 18.8. The van der Waals surface area contributed by atoms with Gasteiger partial charge in [0.05, 0.1) is 11.4 Å². The van der Waals surface area contributed by atoms with E-state index >= 15 is 0 Å². The first-order valence-corrected chi connectivity index (χ1v) is 13.0. The van der Waals surface area contributed by atoms with Crippen molar-refractivity contribution < 1.29 is 13.2 Å². The largest absolute Gasteiger partial charge is 0.350 e. The van der Waals surface area contributed by atoms with Crippen molar-refractivity contribution in [1.82, 2.24) is 24.0 Å². The van der Waals surface area contributed by atoms with Crippen molar-refractivity contribution >= 4 is 15.9 Å². The summed E-state index contributed by atoms with van der Waals surface area (Å²) < 4.78 is 29.9. The lowest BCUT2D eigenvalue weighted by molar-refractivity contribution is 0.0951. The summed E-state index contributed by atoms with van der Waals surface area (Å²) in [5, 5.41) is 7.33. The maximum Gasteiger partial charge on any atom is 0.346 e. The number of nitrogens with one attached hydrogen (secondary N) is 1. The van der Waals surface area contributed by atoms with Crippen LogP contribution in [0.5, 0.6) is 0 Å². The van der Waals surface area contributed by atoms with Crippen LogP contribution in [0.25, 0.3) is 11.4 Å². The number of carbonyl (C=O) groups excluding carboxylic acids is 1. The normalized spacial score (nSPS) is 16.6. The third-order valence-corrected chi connectivity index (χ3v) is 8.16. The van der Waals surface area contributed by atoms with Gasteiger partial charge in [-0.05, 0) is 49.9 Å². The van der Waals surface area contributed by atoms with Gasteiger partial charge in [-0.2, -0.15) is 4.31 Å². The number of hydrogen-bond acceptors (Lipinski definition) is 5. The van der Waals surface area contributed by atoms with Crippen molar-refractivity contribution in [2.24, 2.45) is 0 Å². The summed E-state index contributed by atoms with van der Waals surface area (Å²) in [7, 11) is -3.51. The molecule has 0 unspecified atom stereocenters. The number of carbonyl (C=O) groups is 1. The molecule has 1 aromatic heterocycles. The molecule has 34 heavy (non-hydrogen) atoms. The van der Waals surface area contributed by atoms with Crippen molar-refractivity contribution in [2.45, 2.75) is 43.2 Å². The smallest absolute Gasteiger partial charge is 0.346 e. The lowest BCUT2D eigenvalue weighted by Gasteiger charge is -2.15. The molecule has 1 aliphatic heterocycles. The van der Waals surface area contributed by atoms with Gasteiger partial charge in [0.25, 0.3) is 5.91 Å². The number of amides is 1. The Kier molecular flexibility index (Phi) is 6.09. The predicted octanol–water partition coefficient (Wildman–Crippen LogP) is 2.26. The maximum absolute atomic E-state index is 12.9. The Bertz CT molecular complexity index is 1340. The number of rotatable bonds is 8. The Balaban J connectivity index is 1.24. The van der Waals surface area contributed by atoms with Crippen LogP contribution in [-0.4, -0.2) is 52.6 Å². The fourth-order valence-electron chi connectivity index (χ4n) is 4.25. The zero-order chi connectivity index (χ0) is 23.7. The summed E-state index contributed by atoms with van der Waals surface area (Å²) in [6.07, 6.45) is 3.67. The van der Waals surface area contributed by atoms with Crippen LogP contribution in [0.3, 0.4) is 0 Å². The zero-order valence-corrected chi connectivity index (χ0v) is 19.6. The van der Waals surface area contributed by atoms with Crippen molar-refractivity contribution in [2.75, 3.05) is 19.6 Å². The summed E-state index contributed by atoms with van der Waals surface area (Å²) in [5.74, 6) is 0.317. The lowest BCUT2D eigenvalue weighted by Crippen LogP contribution is -2.32. The van der Waals surface area contributed by atoms with E-state index in [1.54, 1.807) is 4.57 Å². The Morgan fingerprint density at radius 3 is 2.32 bits per heavy atom. The second-order valence-electron chi connectivity index (χ2n) is 8.69. The van der Waals surface area contributed by atoms with Gasteiger partial charge in [0.2, 0.25) is 10.0 Å². The van der Waals surface area contributed by atoms with E-state index in [0.717, 1.165) is 31.2 Å². The highest BCUT2D eigenvalue weighted by atomic mass is 32.2. The molecule has 3 aromatic rings. The molecule has 0 atom stereocenters. The van der Waals surface area contributed by atoms with Gasteiger partial charge in [-0.3, -0.25) is 9.36 Å².